The van der Waals surface area contributed by atoms with Crippen LogP contribution in [-0.4, -0.2) is 80.6 Å². The van der Waals surface area contributed by atoms with Gasteiger partial charge in [-0.25, -0.2) is 4.79 Å². The summed E-state index contributed by atoms with van der Waals surface area (Å²) in [5.74, 6) is -6.42. The Bertz CT molecular complexity index is 1160. The van der Waals surface area contributed by atoms with E-state index >= 15 is 0 Å². The number of hydrogen-bond donors (Lipinski definition) is 8. The number of H-pyrrole nitrogens is 1. The topological polar surface area (TPSA) is 241 Å². The van der Waals surface area contributed by atoms with Crippen LogP contribution in [0.2, 0.25) is 0 Å². The third kappa shape index (κ3) is 8.92. The SMILES string of the molecule is NCC(=O)NC(CCC(=O)O)C(=O)NC(Cc1c[nH]c2ccccc12)C(=O)NC(CCC(=O)O)C(=O)O. The van der Waals surface area contributed by atoms with E-state index in [2.05, 4.69) is 20.9 Å². The van der Waals surface area contributed by atoms with Crippen molar-refractivity contribution in [1.29, 1.82) is 0 Å². The van der Waals surface area contributed by atoms with Gasteiger partial charge in [0, 0.05) is 36.4 Å². The van der Waals surface area contributed by atoms with Gasteiger partial charge in [0.2, 0.25) is 17.7 Å². The van der Waals surface area contributed by atoms with Crippen molar-refractivity contribution in [2.45, 2.75) is 50.2 Å². The lowest BCUT2D eigenvalue weighted by Gasteiger charge is -2.24. The van der Waals surface area contributed by atoms with E-state index in [0.29, 0.717) is 5.56 Å². The first-order valence-electron chi connectivity index (χ1n) is 11.3. The van der Waals surface area contributed by atoms with Gasteiger partial charge in [-0.15, -0.1) is 0 Å². The number of hydrogen-bond acceptors (Lipinski definition) is 7. The summed E-state index contributed by atoms with van der Waals surface area (Å²) in [5.41, 5.74) is 6.64. The molecule has 0 spiro atoms. The zero-order chi connectivity index (χ0) is 27.5. The molecule has 200 valence electrons. The molecule has 0 bridgehead atoms. The van der Waals surface area contributed by atoms with Crippen LogP contribution in [0, 0.1) is 0 Å². The minimum atomic E-state index is -1.54. The lowest BCUT2D eigenvalue weighted by Crippen LogP contribution is -2.57. The number of carboxylic acid groups (broad SMARTS) is 3. The number of carbonyl (C=O) groups excluding carboxylic acids is 3. The summed E-state index contributed by atoms with van der Waals surface area (Å²) >= 11 is 0. The van der Waals surface area contributed by atoms with Crippen molar-refractivity contribution in [3.05, 3.63) is 36.0 Å². The molecule has 3 unspecified atom stereocenters. The average molecular weight is 520 g/mol. The maximum atomic E-state index is 13.1. The molecule has 0 saturated carbocycles. The average Bonchev–Trinajstić information content (AvgIpc) is 3.25. The molecule has 1 aromatic carbocycles. The summed E-state index contributed by atoms with van der Waals surface area (Å²) in [6.07, 6.45) is -0.127. The summed E-state index contributed by atoms with van der Waals surface area (Å²) in [6, 6.07) is 2.93. The smallest absolute Gasteiger partial charge is 0.326 e. The number of aliphatic carboxylic acids is 3. The van der Waals surface area contributed by atoms with Crippen molar-refractivity contribution in [3.8, 4) is 0 Å². The number of aromatic amines is 1. The Balaban J connectivity index is 2.31. The highest BCUT2D eigenvalue weighted by Gasteiger charge is 2.30. The number of aromatic nitrogens is 1. The van der Waals surface area contributed by atoms with Crippen LogP contribution >= 0.6 is 0 Å². The molecule has 0 aliphatic rings. The maximum absolute atomic E-state index is 13.1. The molecular formula is C23H29N5O9. The Labute approximate surface area is 210 Å². The van der Waals surface area contributed by atoms with E-state index in [-0.39, 0.29) is 12.8 Å². The van der Waals surface area contributed by atoms with Crippen LogP contribution in [0.1, 0.15) is 31.2 Å². The van der Waals surface area contributed by atoms with E-state index in [4.69, 9.17) is 15.9 Å². The third-order valence-electron chi connectivity index (χ3n) is 5.48. The van der Waals surface area contributed by atoms with Crippen LogP contribution in [-0.2, 0) is 35.2 Å². The first-order chi connectivity index (χ1) is 17.5. The molecule has 0 saturated heterocycles. The summed E-state index contributed by atoms with van der Waals surface area (Å²) < 4.78 is 0. The quantitative estimate of drug-likeness (QED) is 0.142. The molecule has 37 heavy (non-hydrogen) atoms. The zero-order valence-corrected chi connectivity index (χ0v) is 19.7. The summed E-state index contributed by atoms with van der Waals surface area (Å²) in [4.78, 5) is 74.4. The van der Waals surface area contributed by atoms with Crippen LogP contribution in [0.4, 0.5) is 0 Å². The Morgan fingerprint density at radius 1 is 0.811 bits per heavy atom. The highest BCUT2D eigenvalue weighted by Crippen LogP contribution is 2.19. The third-order valence-corrected chi connectivity index (χ3v) is 5.48. The largest absolute Gasteiger partial charge is 0.481 e. The molecule has 3 atom stereocenters. The number of nitrogens with two attached hydrogens (primary N) is 1. The standard InChI is InChI=1S/C23H29N5O9/c24-10-18(29)26-15(5-7-19(30)31)21(34)28-17(9-12-11-25-14-4-2-1-3-13(12)14)22(35)27-16(23(36)37)6-8-20(32)33/h1-4,11,15-17,25H,5-10,24H2,(H,26,29)(H,27,35)(H,28,34)(H,30,31)(H,32,33)(H,36,37). The Morgan fingerprint density at radius 3 is 1.97 bits per heavy atom. The van der Waals surface area contributed by atoms with Crippen molar-refractivity contribution in [1.82, 2.24) is 20.9 Å². The summed E-state index contributed by atoms with van der Waals surface area (Å²) in [5, 5.41) is 35.0. The van der Waals surface area contributed by atoms with Crippen LogP contribution in [0.3, 0.4) is 0 Å². The van der Waals surface area contributed by atoms with Gasteiger partial charge in [0.25, 0.3) is 0 Å². The molecule has 1 aromatic heterocycles. The van der Waals surface area contributed by atoms with E-state index < -0.39 is 79.6 Å². The Hall–Kier alpha value is -4.46. The van der Waals surface area contributed by atoms with Gasteiger partial charge in [0.05, 0.1) is 6.54 Å². The fraction of sp³-hybridized carbons (Fsp3) is 0.391. The first-order valence-corrected chi connectivity index (χ1v) is 11.3. The maximum Gasteiger partial charge on any atom is 0.326 e. The number of rotatable bonds is 15. The number of para-hydroxylation sites is 1. The summed E-state index contributed by atoms with van der Waals surface area (Å²) in [6.45, 7) is -0.458. The molecule has 0 aliphatic heterocycles. The second kappa shape index (κ2) is 13.6. The minimum Gasteiger partial charge on any atom is -0.481 e. The number of nitrogens with one attached hydrogen (secondary N) is 4. The predicted octanol–water partition coefficient (Wildman–Crippen LogP) is -1.06. The van der Waals surface area contributed by atoms with E-state index in [0.717, 1.165) is 10.9 Å². The van der Waals surface area contributed by atoms with Gasteiger partial charge < -0.3 is 42.0 Å². The zero-order valence-electron chi connectivity index (χ0n) is 19.7. The van der Waals surface area contributed by atoms with Crippen LogP contribution < -0.4 is 21.7 Å². The van der Waals surface area contributed by atoms with Crippen molar-refractivity contribution >= 4 is 46.5 Å². The number of carbonyl (C=O) groups is 6. The van der Waals surface area contributed by atoms with Crippen molar-refractivity contribution in [2.75, 3.05) is 6.54 Å². The van der Waals surface area contributed by atoms with E-state index in [1.54, 1.807) is 30.5 Å². The second-order valence-corrected chi connectivity index (χ2v) is 8.21. The number of amides is 3. The molecule has 0 aliphatic carbocycles. The van der Waals surface area contributed by atoms with Crippen LogP contribution in [0.15, 0.2) is 30.5 Å². The molecule has 1 heterocycles. The van der Waals surface area contributed by atoms with Gasteiger partial charge in [-0.05, 0) is 24.5 Å². The van der Waals surface area contributed by atoms with Gasteiger partial charge >= 0.3 is 17.9 Å². The van der Waals surface area contributed by atoms with Crippen LogP contribution in [0.25, 0.3) is 10.9 Å². The van der Waals surface area contributed by atoms with Crippen molar-refractivity contribution in [2.24, 2.45) is 5.73 Å². The number of benzene rings is 1. The van der Waals surface area contributed by atoms with Gasteiger partial charge in [-0.1, -0.05) is 18.2 Å². The Morgan fingerprint density at radius 2 is 1.38 bits per heavy atom. The van der Waals surface area contributed by atoms with Gasteiger partial charge in [-0.3, -0.25) is 24.0 Å². The molecule has 0 fully saturated rings. The second-order valence-electron chi connectivity index (χ2n) is 8.21. The minimum absolute atomic E-state index is 0.0939. The van der Waals surface area contributed by atoms with E-state index in [1.807, 2.05) is 0 Å². The van der Waals surface area contributed by atoms with Crippen LogP contribution in [0.5, 0.6) is 0 Å². The lowest BCUT2D eigenvalue weighted by molar-refractivity contribution is -0.143. The van der Waals surface area contributed by atoms with Gasteiger partial charge in [0.1, 0.15) is 18.1 Å². The predicted molar refractivity (Wildman–Crippen MR) is 128 cm³/mol. The normalized spacial score (nSPS) is 13.2. The molecule has 2 aromatic rings. The van der Waals surface area contributed by atoms with E-state index in [9.17, 15) is 33.9 Å². The molecule has 14 nitrogen and oxygen atoms in total. The number of fused-ring (bicyclic) bond motifs is 1. The molecular weight excluding hydrogens is 490 g/mol. The highest BCUT2D eigenvalue weighted by atomic mass is 16.4. The summed E-state index contributed by atoms with van der Waals surface area (Å²) in [7, 11) is 0. The first kappa shape index (κ1) is 28.8. The number of carboxylic acids is 3. The van der Waals surface area contributed by atoms with Crippen molar-refractivity contribution in [3.63, 3.8) is 0 Å². The fourth-order valence-corrected chi connectivity index (χ4v) is 3.59. The Kier molecular flexibility index (Phi) is 10.6. The van der Waals surface area contributed by atoms with Crippen molar-refractivity contribution < 1.29 is 44.1 Å². The van der Waals surface area contributed by atoms with Gasteiger partial charge in [0.15, 0.2) is 0 Å². The molecule has 14 heteroatoms. The van der Waals surface area contributed by atoms with E-state index in [1.165, 1.54) is 0 Å². The fourth-order valence-electron chi connectivity index (χ4n) is 3.59. The molecule has 2 rings (SSSR count). The van der Waals surface area contributed by atoms with Gasteiger partial charge in [-0.2, -0.15) is 0 Å². The monoisotopic (exact) mass is 519 g/mol. The molecule has 9 N–H and O–H groups in total. The lowest BCUT2D eigenvalue weighted by atomic mass is 10.0. The molecule has 3 amide bonds. The highest BCUT2D eigenvalue weighted by molar-refractivity contribution is 5.94. The molecule has 0 radical (unpaired) electrons.